The van der Waals surface area contributed by atoms with E-state index in [0.29, 0.717) is 12.8 Å². The van der Waals surface area contributed by atoms with Crippen LogP contribution >= 0.6 is 0 Å². The average Bonchev–Trinajstić information content (AvgIpc) is 2.27. The third-order valence-corrected chi connectivity index (χ3v) is 1.99. The number of carbonyl (C=O) groups is 2. The van der Waals surface area contributed by atoms with Crippen molar-refractivity contribution >= 4 is 11.9 Å². The molecule has 0 spiro atoms. The normalized spacial score (nSPS) is 13.7. The molecule has 0 N–H and O–H groups in total. The Bertz CT molecular complexity index is 299. The van der Waals surface area contributed by atoms with Gasteiger partial charge >= 0.3 is 11.9 Å². The van der Waals surface area contributed by atoms with Crippen molar-refractivity contribution < 1.29 is 19.1 Å². The maximum Gasteiger partial charge on any atom is 0.331 e. The molecule has 0 saturated carbocycles. The summed E-state index contributed by atoms with van der Waals surface area (Å²) in [7, 11) is 0. The van der Waals surface area contributed by atoms with Gasteiger partial charge in [-0.05, 0) is 13.8 Å². The molecule has 0 fully saturated rings. The molecule has 0 aliphatic carbocycles. The summed E-state index contributed by atoms with van der Waals surface area (Å²) < 4.78 is 9.95. The van der Waals surface area contributed by atoms with Crippen LogP contribution in [-0.4, -0.2) is 24.1 Å². The van der Waals surface area contributed by atoms with Crippen molar-refractivity contribution in [2.24, 2.45) is 0 Å². The summed E-state index contributed by atoms with van der Waals surface area (Å²) in [5, 5.41) is 0. The van der Waals surface area contributed by atoms with Crippen molar-refractivity contribution in [3.63, 3.8) is 0 Å². The summed E-state index contributed by atoms with van der Waals surface area (Å²) in [6, 6.07) is 0. The van der Waals surface area contributed by atoms with Crippen LogP contribution in [0.5, 0.6) is 0 Å². The lowest BCUT2D eigenvalue weighted by atomic mass is 10.3. The summed E-state index contributed by atoms with van der Waals surface area (Å²) in [4.78, 5) is 22.6. The summed E-state index contributed by atoms with van der Waals surface area (Å²) in [6.07, 6.45) is 6.07. The van der Waals surface area contributed by atoms with Gasteiger partial charge in [0, 0.05) is 25.0 Å². The molecule has 0 aromatic heterocycles. The number of esters is 2. The van der Waals surface area contributed by atoms with Crippen molar-refractivity contribution in [2.45, 2.75) is 38.9 Å². The molecule has 0 bridgehead atoms. The Morgan fingerprint density at radius 3 is 1.56 bits per heavy atom. The van der Waals surface area contributed by atoms with E-state index in [1.807, 2.05) is 0 Å². The molecular weight excluding hydrogens is 232 g/mol. The molecule has 0 saturated heterocycles. The highest BCUT2D eigenvalue weighted by molar-refractivity contribution is 5.91. The quantitative estimate of drug-likeness (QED) is 0.378. The zero-order valence-corrected chi connectivity index (χ0v) is 10.9. The van der Waals surface area contributed by atoms with Gasteiger partial charge in [-0.25, -0.2) is 9.59 Å². The highest BCUT2D eigenvalue weighted by Gasteiger charge is 2.07. The van der Waals surface area contributed by atoms with E-state index in [-0.39, 0.29) is 12.2 Å². The second kappa shape index (κ2) is 9.22. The zero-order chi connectivity index (χ0) is 14.0. The van der Waals surface area contributed by atoms with Gasteiger partial charge in [-0.15, -0.1) is 13.2 Å². The number of hydrogen-bond acceptors (Lipinski definition) is 4. The van der Waals surface area contributed by atoms with Gasteiger partial charge in [0.1, 0.15) is 12.2 Å². The zero-order valence-electron chi connectivity index (χ0n) is 10.9. The molecule has 2 atom stereocenters. The first-order valence-corrected chi connectivity index (χ1v) is 5.80. The minimum atomic E-state index is -0.572. The van der Waals surface area contributed by atoms with Crippen molar-refractivity contribution in [1.82, 2.24) is 0 Å². The summed E-state index contributed by atoms with van der Waals surface area (Å²) >= 11 is 0. The van der Waals surface area contributed by atoms with Gasteiger partial charge in [-0.3, -0.25) is 0 Å². The third kappa shape index (κ3) is 8.33. The minimum absolute atomic E-state index is 0.254. The van der Waals surface area contributed by atoms with Crippen LogP contribution in [0, 0.1) is 0 Å². The Labute approximate surface area is 108 Å². The minimum Gasteiger partial charge on any atom is -0.459 e. The molecule has 4 nitrogen and oxygen atoms in total. The van der Waals surface area contributed by atoms with E-state index in [0.717, 1.165) is 12.2 Å². The maximum atomic E-state index is 11.3. The summed E-state index contributed by atoms with van der Waals surface area (Å²) in [5.41, 5.74) is 0. The fourth-order valence-electron chi connectivity index (χ4n) is 1.18. The van der Waals surface area contributed by atoms with Crippen molar-refractivity contribution in [3.05, 3.63) is 37.5 Å². The predicted octanol–water partition coefficient (Wildman–Crippen LogP) is 2.56. The first-order chi connectivity index (χ1) is 8.49. The lowest BCUT2D eigenvalue weighted by Gasteiger charge is -2.09. The van der Waals surface area contributed by atoms with Crippen LogP contribution in [0.15, 0.2) is 37.5 Å². The lowest BCUT2D eigenvalue weighted by Crippen LogP contribution is -2.14. The van der Waals surface area contributed by atoms with Crippen molar-refractivity contribution in [2.75, 3.05) is 0 Å². The molecular formula is C14H20O4. The molecule has 0 aromatic rings. The molecule has 0 heterocycles. The fraction of sp³-hybridized carbons (Fsp3) is 0.429. The molecule has 4 heteroatoms. The van der Waals surface area contributed by atoms with Gasteiger partial charge in [-0.2, -0.15) is 0 Å². The molecule has 100 valence electrons. The van der Waals surface area contributed by atoms with E-state index in [1.165, 1.54) is 0 Å². The predicted molar refractivity (Wildman–Crippen MR) is 69.9 cm³/mol. The summed E-state index contributed by atoms with van der Waals surface area (Å²) in [5.74, 6) is -1.14. The highest BCUT2D eigenvalue weighted by atomic mass is 16.5. The molecule has 0 aromatic carbocycles. The Morgan fingerprint density at radius 2 is 1.28 bits per heavy atom. The van der Waals surface area contributed by atoms with E-state index >= 15 is 0 Å². The van der Waals surface area contributed by atoms with Gasteiger partial charge in [-0.1, -0.05) is 12.2 Å². The topological polar surface area (TPSA) is 52.6 Å². The van der Waals surface area contributed by atoms with Crippen LogP contribution in [0.3, 0.4) is 0 Å². The van der Waals surface area contributed by atoms with Gasteiger partial charge in [0.25, 0.3) is 0 Å². The second-order valence-electron chi connectivity index (χ2n) is 3.88. The van der Waals surface area contributed by atoms with Gasteiger partial charge in [0.2, 0.25) is 0 Å². The number of ether oxygens (including phenoxy) is 2. The number of carbonyl (C=O) groups excluding carboxylic acids is 2. The first-order valence-electron chi connectivity index (χ1n) is 5.80. The van der Waals surface area contributed by atoms with Crippen LogP contribution in [0.1, 0.15) is 26.7 Å². The average molecular weight is 252 g/mol. The van der Waals surface area contributed by atoms with Crippen LogP contribution in [0.25, 0.3) is 0 Å². The summed E-state index contributed by atoms with van der Waals surface area (Å²) in [6.45, 7) is 10.6. The Kier molecular flexibility index (Phi) is 8.27. The maximum absolute atomic E-state index is 11.3. The van der Waals surface area contributed by atoms with Crippen molar-refractivity contribution in [3.8, 4) is 0 Å². The van der Waals surface area contributed by atoms with E-state index in [1.54, 1.807) is 26.0 Å². The first kappa shape index (κ1) is 16.2. The van der Waals surface area contributed by atoms with E-state index in [2.05, 4.69) is 13.2 Å². The molecule has 0 amide bonds. The molecule has 18 heavy (non-hydrogen) atoms. The molecule has 2 unspecified atom stereocenters. The second-order valence-corrected chi connectivity index (χ2v) is 3.88. The van der Waals surface area contributed by atoms with Crippen LogP contribution in [0.4, 0.5) is 0 Å². The lowest BCUT2D eigenvalue weighted by molar-refractivity contribution is -0.144. The largest absolute Gasteiger partial charge is 0.459 e. The fourth-order valence-corrected chi connectivity index (χ4v) is 1.18. The van der Waals surface area contributed by atoms with Gasteiger partial charge in [0.15, 0.2) is 0 Å². The van der Waals surface area contributed by atoms with Crippen LogP contribution < -0.4 is 0 Å². The molecule has 0 radical (unpaired) electrons. The smallest absolute Gasteiger partial charge is 0.331 e. The Hall–Kier alpha value is -1.84. The van der Waals surface area contributed by atoms with Crippen molar-refractivity contribution in [1.29, 1.82) is 0 Å². The molecule has 0 aliphatic rings. The van der Waals surface area contributed by atoms with Gasteiger partial charge < -0.3 is 9.47 Å². The Balaban J connectivity index is 4.05. The highest BCUT2D eigenvalue weighted by Crippen LogP contribution is 2.01. The Morgan fingerprint density at radius 1 is 0.944 bits per heavy atom. The van der Waals surface area contributed by atoms with E-state index < -0.39 is 11.9 Å². The molecule has 0 aliphatic heterocycles. The standard InChI is InChI=1S/C14H20O4/c1-5-7-11(3)17-13(15)9-10-14(16)18-12(4)8-6-2/h5-6,9-12H,1-2,7-8H2,3-4H3/b10-9-. The van der Waals surface area contributed by atoms with E-state index in [9.17, 15) is 9.59 Å². The van der Waals surface area contributed by atoms with Crippen LogP contribution in [-0.2, 0) is 19.1 Å². The molecule has 0 rings (SSSR count). The SMILES string of the molecule is C=CCC(C)OC(=O)/C=C\C(=O)OC(C)CC=C. The van der Waals surface area contributed by atoms with E-state index in [4.69, 9.17) is 9.47 Å². The number of rotatable bonds is 8. The van der Waals surface area contributed by atoms with Gasteiger partial charge in [0.05, 0.1) is 0 Å². The monoisotopic (exact) mass is 252 g/mol. The van der Waals surface area contributed by atoms with Crippen LogP contribution in [0.2, 0.25) is 0 Å². The third-order valence-electron chi connectivity index (χ3n) is 1.99. The number of hydrogen-bond donors (Lipinski definition) is 0.